The number of fused-ring (bicyclic) bond motifs is 1. The molecular formula is C21H23N5O. The Hall–Kier alpha value is -3.15. The summed E-state index contributed by atoms with van der Waals surface area (Å²) in [6, 6.07) is 8.05. The highest BCUT2D eigenvalue weighted by atomic mass is 16.1. The standard InChI is InChI=1S/C21H23N5O/c1-5-10-25-12-17(14(3)23-25)16-11-19(27)22-21-20(16)15(4)24-26(21)18-9-7-6-8-13(18)2/h5-9,12,16H,1,10-11H2,2-4H3,(H,22,27)/t16-/m1/s1. The second kappa shape index (κ2) is 6.54. The highest BCUT2D eigenvalue weighted by Crippen LogP contribution is 2.41. The van der Waals surface area contributed by atoms with Crippen LogP contribution in [-0.4, -0.2) is 25.5 Å². The molecule has 1 atom stereocenters. The van der Waals surface area contributed by atoms with Crippen molar-refractivity contribution in [2.75, 3.05) is 5.32 Å². The molecule has 0 saturated carbocycles. The van der Waals surface area contributed by atoms with E-state index in [2.05, 4.69) is 17.0 Å². The molecule has 6 nitrogen and oxygen atoms in total. The fourth-order valence-electron chi connectivity index (χ4n) is 3.89. The molecule has 1 amide bonds. The summed E-state index contributed by atoms with van der Waals surface area (Å²) >= 11 is 0. The number of carbonyl (C=O) groups excluding carboxylic acids is 1. The average molecular weight is 361 g/mol. The first-order valence-electron chi connectivity index (χ1n) is 9.09. The smallest absolute Gasteiger partial charge is 0.226 e. The number of anilines is 1. The summed E-state index contributed by atoms with van der Waals surface area (Å²) in [6.07, 6.45) is 4.24. The zero-order valence-electron chi connectivity index (χ0n) is 15.9. The highest BCUT2D eigenvalue weighted by molar-refractivity contribution is 5.95. The van der Waals surface area contributed by atoms with E-state index in [0.29, 0.717) is 13.0 Å². The molecule has 0 unspecified atom stereocenters. The van der Waals surface area contributed by atoms with E-state index >= 15 is 0 Å². The van der Waals surface area contributed by atoms with E-state index in [9.17, 15) is 4.79 Å². The molecule has 1 aliphatic rings. The number of para-hydroxylation sites is 1. The van der Waals surface area contributed by atoms with Gasteiger partial charge in [-0.25, -0.2) is 4.68 Å². The van der Waals surface area contributed by atoms with E-state index < -0.39 is 0 Å². The first-order chi connectivity index (χ1) is 13.0. The van der Waals surface area contributed by atoms with Crippen molar-refractivity contribution in [1.82, 2.24) is 19.6 Å². The summed E-state index contributed by atoms with van der Waals surface area (Å²) in [6.45, 7) is 10.5. The number of nitrogens with zero attached hydrogens (tertiary/aromatic N) is 4. The van der Waals surface area contributed by atoms with E-state index in [1.54, 1.807) is 0 Å². The molecule has 1 aliphatic heterocycles. The van der Waals surface area contributed by atoms with Crippen LogP contribution in [0.2, 0.25) is 0 Å². The van der Waals surface area contributed by atoms with Crippen molar-refractivity contribution in [2.24, 2.45) is 0 Å². The molecule has 0 bridgehead atoms. The van der Waals surface area contributed by atoms with Crippen molar-refractivity contribution in [3.8, 4) is 5.69 Å². The first-order valence-corrected chi connectivity index (χ1v) is 9.09. The Labute approximate surface area is 158 Å². The lowest BCUT2D eigenvalue weighted by atomic mass is 9.86. The van der Waals surface area contributed by atoms with Gasteiger partial charge in [0.15, 0.2) is 0 Å². The van der Waals surface area contributed by atoms with E-state index in [-0.39, 0.29) is 11.8 Å². The molecule has 0 spiro atoms. The molecule has 3 heterocycles. The highest BCUT2D eigenvalue weighted by Gasteiger charge is 2.34. The van der Waals surface area contributed by atoms with Crippen molar-refractivity contribution >= 4 is 11.7 Å². The number of allylic oxidation sites excluding steroid dienone is 1. The summed E-state index contributed by atoms with van der Waals surface area (Å²) in [5.41, 5.74) is 6.08. The topological polar surface area (TPSA) is 64.7 Å². The molecule has 1 N–H and O–H groups in total. The van der Waals surface area contributed by atoms with Crippen LogP contribution in [0.1, 0.15) is 40.4 Å². The van der Waals surface area contributed by atoms with E-state index in [4.69, 9.17) is 5.10 Å². The summed E-state index contributed by atoms with van der Waals surface area (Å²) in [5, 5.41) is 12.4. The Kier molecular flexibility index (Phi) is 4.18. The molecule has 138 valence electrons. The SMILES string of the molecule is C=CCn1cc([C@H]2CC(=O)Nc3c2c(C)nn3-c2ccccc2C)c(C)n1. The molecule has 0 saturated heterocycles. The van der Waals surface area contributed by atoms with Crippen molar-refractivity contribution in [3.63, 3.8) is 0 Å². The van der Waals surface area contributed by atoms with Gasteiger partial charge in [0.2, 0.25) is 5.91 Å². The number of amides is 1. The fourth-order valence-corrected chi connectivity index (χ4v) is 3.89. The van der Waals surface area contributed by atoms with Crippen LogP contribution in [0, 0.1) is 20.8 Å². The minimum absolute atomic E-state index is 0.00175. The molecule has 0 aliphatic carbocycles. The number of aryl methyl sites for hydroxylation is 3. The van der Waals surface area contributed by atoms with Crippen molar-refractivity contribution < 1.29 is 4.79 Å². The fraction of sp³-hybridized carbons (Fsp3) is 0.286. The largest absolute Gasteiger partial charge is 0.310 e. The number of nitrogens with one attached hydrogen (secondary N) is 1. The number of benzene rings is 1. The van der Waals surface area contributed by atoms with Crippen LogP contribution in [0.3, 0.4) is 0 Å². The van der Waals surface area contributed by atoms with Crippen LogP contribution in [0.25, 0.3) is 5.69 Å². The second-order valence-electron chi connectivity index (χ2n) is 7.03. The number of aromatic nitrogens is 4. The summed E-state index contributed by atoms with van der Waals surface area (Å²) in [4.78, 5) is 12.5. The van der Waals surface area contributed by atoms with Gasteiger partial charge in [-0.3, -0.25) is 9.48 Å². The third kappa shape index (κ3) is 2.87. The average Bonchev–Trinajstić information content (AvgIpc) is 3.15. The van der Waals surface area contributed by atoms with Gasteiger partial charge in [0.25, 0.3) is 0 Å². The number of hydrogen-bond donors (Lipinski definition) is 1. The van der Waals surface area contributed by atoms with Gasteiger partial charge in [-0.15, -0.1) is 6.58 Å². The Morgan fingerprint density at radius 1 is 1.22 bits per heavy atom. The molecule has 27 heavy (non-hydrogen) atoms. The number of carbonyl (C=O) groups is 1. The zero-order valence-corrected chi connectivity index (χ0v) is 15.9. The first kappa shape index (κ1) is 17.3. The molecular weight excluding hydrogens is 338 g/mol. The summed E-state index contributed by atoms with van der Waals surface area (Å²) in [7, 11) is 0. The molecule has 0 radical (unpaired) electrons. The van der Waals surface area contributed by atoms with Gasteiger partial charge in [-0.05, 0) is 32.4 Å². The maximum absolute atomic E-state index is 12.5. The van der Waals surface area contributed by atoms with Crippen molar-refractivity contribution in [3.05, 3.63) is 71.2 Å². The summed E-state index contributed by atoms with van der Waals surface area (Å²) < 4.78 is 3.72. The molecule has 2 aromatic heterocycles. The molecule has 4 rings (SSSR count). The quantitative estimate of drug-likeness (QED) is 0.722. The minimum atomic E-state index is -0.0508. The van der Waals surface area contributed by atoms with Crippen LogP contribution in [0.4, 0.5) is 5.82 Å². The van der Waals surface area contributed by atoms with Crippen LogP contribution in [0.5, 0.6) is 0 Å². The Morgan fingerprint density at radius 2 is 2.00 bits per heavy atom. The maximum atomic E-state index is 12.5. The molecule has 3 aromatic rings. The third-order valence-electron chi connectivity index (χ3n) is 5.12. The lowest BCUT2D eigenvalue weighted by Crippen LogP contribution is -2.25. The van der Waals surface area contributed by atoms with Gasteiger partial charge in [-0.1, -0.05) is 24.3 Å². The van der Waals surface area contributed by atoms with Crippen LogP contribution in [0.15, 0.2) is 43.1 Å². The molecule has 6 heteroatoms. The van der Waals surface area contributed by atoms with Gasteiger partial charge in [0.1, 0.15) is 5.82 Å². The number of hydrogen-bond acceptors (Lipinski definition) is 3. The van der Waals surface area contributed by atoms with Crippen LogP contribution >= 0.6 is 0 Å². The Balaban J connectivity index is 1.87. The monoisotopic (exact) mass is 361 g/mol. The lowest BCUT2D eigenvalue weighted by molar-refractivity contribution is -0.116. The second-order valence-corrected chi connectivity index (χ2v) is 7.03. The van der Waals surface area contributed by atoms with Gasteiger partial charge >= 0.3 is 0 Å². The predicted octanol–water partition coefficient (Wildman–Crippen LogP) is 3.65. The van der Waals surface area contributed by atoms with Gasteiger partial charge in [-0.2, -0.15) is 10.2 Å². The van der Waals surface area contributed by atoms with Gasteiger partial charge in [0.05, 0.1) is 23.6 Å². The van der Waals surface area contributed by atoms with Crippen LogP contribution < -0.4 is 5.32 Å². The van der Waals surface area contributed by atoms with E-state index in [1.165, 1.54) is 0 Å². The van der Waals surface area contributed by atoms with Crippen molar-refractivity contribution in [1.29, 1.82) is 0 Å². The molecule has 1 aromatic carbocycles. The van der Waals surface area contributed by atoms with Gasteiger partial charge in [0, 0.05) is 29.7 Å². The van der Waals surface area contributed by atoms with Gasteiger partial charge < -0.3 is 5.32 Å². The number of rotatable bonds is 4. The third-order valence-corrected chi connectivity index (χ3v) is 5.12. The molecule has 0 fully saturated rings. The minimum Gasteiger partial charge on any atom is -0.310 e. The predicted molar refractivity (Wildman–Crippen MR) is 105 cm³/mol. The normalized spacial score (nSPS) is 16.1. The lowest BCUT2D eigenvalue weighted by Gasteiger charge is -2.24. The van der Waals surface area contributed by atoms with E-state index in [1.807, 2.05) is 66.7 Å². The zero-order chi connectivity index (χ0) is 19.1. The Morgan fingerprint density at radius 3 is 2.74 bits per heavy atom. The summed E-state index contributed by atoms with van der Waals surface area (Å²) in [5.74, 6) is 0.710. The maximum Gasteiger partial charge on any atom is 0.226 e. The Bertz CT molecular complexity index is 1040. The van der Waals surface area contributed by atoms with E-state index in [0.717, 1.165) is 39.6 Å². The van der Waals surface area contributed by atoms with Crippen molar-refractivity contribution in [2.45, 2.75) is 39.7 Å². The van der Waals surface area contributed by atoms with Crippen LogP contribution in [-0.2, 0) is 11.3 Å².